The number of pyridine rings is 2. The molecule has 4 aromatic rings. The fourth-order valence-corrected chi connectivity index (χ4v) is 3.16. The second kappa shape index (κ2) is 8.62. The Morgan fingerprint density at radius 1 is 1.06 bits per heavy atom. The molecular weight excluding hydrogens is 397 g/mol. The number of anilines is 2. The summed E-state index contributed by atoms with van der Waals surface area (Å²) in [5.41, 5.74) is 1.30. The Morgan fingerprint density at radius 3 is 2.42 bits per heavy atom. The summed E-state index contributed by atoms with van der Waals surface area (Å²) in [6, 6.07) is 21.2. The number of benzene rings is 2. The molecule has 0 aliphatic carbocycles. The number of halogens is 1. The Morgan fingerprint density at radius 2 is 1.74 bits per heavy atom. The molecule has 0 bridgehead atoms. The van der Waals surface area contributed by atoms with Crippen LogP contribution in [0.1, 0.15) is 5.69 Å². The van der Waals surface area contributed by atoms with E-state index in [2.05, 4.69) is 15.0 Å². The van der Waals surface area contributed by atoms with E-state index in [4.69, 9.17) is 0 Å². The minimum atomic E-state index is -0.715. The third-order valence-corrected chi connectivity index (χ3v) is 4.61. The van der Waals surface area contributed by atoms with E-state index in [1.54, 1.807) is 4.57 Å². The first-order valence-electron chi connectivity index (χ1n) is 9.46. The Kier molecular flexibility index (Phi) is 5.57. The molecule has 0 unspecified atom stereocenters. The molecule has 6 nitrogen and oxygen atoms in total. The Bertz CT molecular complexity index is 1330. The van der Waals surface area contributed by atoms with Crippen LogP contribution in [0.5, 0.6) is 0 Å². The van der Waals surface area contributed by atoms with Gasteiger partial charge in [0.15, 0.2) is 11.1 Å². The lowest BCUT2D eigenvalue weighted by Gasteiger charge is -2.18. The number of rotatable bonds is 5. The van der Waals surface area contributed by atoms with Crippen LogP contribution in [0.4, 0.5) is 15.9 Å². The SMILES string of the molecule is COC(=O)/C=C/c1nc2c(cc1F)c(=O)cc(Nc1ccccc1)n2-c1ccccc1. The normalized spacial score (nSPS) is 11.0. The number of hydrogen-bond donors (Lipinski definition) is 1. The standard InChI is InChI=1S/C24H18FN3O3/c1-31-23(30)13-12-20-19(25)14-18-21(29)15-22(26-16-8-4-2-5-9-16)28(24(18)27-20)17-10-6-3-7-11-17/h2-15,26H,1H3/b13-12+. The maximum atomic E-state index is 14.6. The molecule has 4 rings (SSSR count). The van der Waals surface area contributed by atoms with Gasteiger partial charge in [-0.25, -0.2) is 14.2 Å². The highest BCUT2D eigenvalue weighted by Gasteiger charge is 2.15. The molecule has 2 heterocycles. The predicted molar refractivity (Wildman–Crippen MR) is 118 cm³/mol. The second-order valence-electron chi connectivity index (χ2n) is 6.64. The molecule has 0 aliphatic heterocycles. The van der Waals surface area contributed by atoms with Crippen molar-refractivity contribution in [2.45, 2.75) is 0 Å². The van der Waals surface area contributed by atoms with Crippen LogP contribution < -0.4 is 10.7 Å². The number of nitrogens with zero attached hydrogens (tertiary/aromatic N) is 2. The first-order chi connectivity index (χ1) is 15.1. The van der Waals surface area contributed by atoms with Gasteiger partial charge in [-0.1, -0.05) is 36.4 Å². The molecule has 0 spiro atoms. The van der Waals surface area contributed by atoms with Crippen LogP contribution in [0.25, 0.3) is 22.8 Å². The predicted octanol–water partition coefficient (Wildman–Crippen LogP) is 4.45. The fraction of sp³-hybridized carbons (Fsp3) is 0.0417. The van der Waals surface area contributed by atoms with Crippen LogP contribution >= 0.6 is 0 Å². The van der Waals surface area contributed by atoms with Gasteiger partial charge in [-0.3, -0.25) is 9.36 Å². The lowest BCUT2D eigenvalue weighted by atomic mass is 10.2. The number of carbonyl (C=O) groups excluding carboxylic acids is 1. The average molecular weight is 415 g/mol. The van der Waals surface area contributed by atoms with E-state index >= 15 is 0 Å². The molecule has 0 aliphatic rings. The molecule has 0 amide bonds. The van der Waals surface area contributed by atoms with Crippen LogP contribution in [0.15, 0.2) is 83.7 Å². The fourth-order valence-electron chi connectivity index (χ4n) is 3.16. The van der Waals surface area contributed by atoms with Gasteiger partial charge in [0.1, 0.15) is 17.3 Å². The number of aromatic nitrogens is 2. The van der Waals surface area contributed by atoms with Crippen molar-refractivity contribution in [1.82, 2.24) is 9.55 Å². The van der Waals surface area contributed by atoms with Crippen molar-refractivity contribution in [2.24, 2.45) is 0 Å². The van der Waals surface area contributed by atoms with E-state index < -0.39 is 11.8 Å². The van der Waals surface area contributed by atoms with Crippen molar-refractivity contribution in [1.29, 1.82) is 0 Å². The van der Waals surface area contributed by atoms with Crippen molar-refractivity contribution in [3.05, 3.63) is 101 Å². The third kappa shape index (κ3) is 4.20. The Hall–Kier alpha value is -4.26. The number of methoxy groups -OCH3 is 1. The largest absolute Gasteiger partial charge is 0.466 e. The minimum Gasteiger partial charge on any atom is -0.466 e. The molecule has 2 aromatic heterocycles. The number of para-hydroxylation sites is 2. The van der Waals surface area contributed by atoms with Crippen molar-refractivity contribution in [2.75, 3.05) is 12.4 Å². The molecule has 0 saturated heterocycles. The first-order valence-corrected chi connectivity index (χ1v) is 9.46. The van der Waals surface area contributed by atoms with Crippen LogP contribution in [-0.4, -0.2) is 22.6 Å². The van der Waals surface area contributed by atoms with E-state index in [0.29, 0.717) is 5.82 Å². The van der Waals surface area contributed by atoms with Crippen LogP contribution in [0.2, 0.25) is 0 Å². The molecular formula is C24H18FN3O3. The first kappa shape index (κ1) is 20.0. The third-order valence-electron chi connectivity index (χ3n) is 4.61. The lowest BCUT2D eigenvalue weighted by Crippen LogP contribution is -2.14. The maximum Gasteiger partial charge on any atom is 0.330 e. The van der Waals surface area contributed by atoms with E-state index in [9.17, 15) is 14.0 Å². The van der Waals surface area contributed by atoms with Crippen LogP contribution in [-0.2, 0) is 9.53 Å². The number of nitrogens with one attached hydrogen (secondary N) is 1. The molecule has 0 atom stereocenters. The van der Waals surface area contributed by atoms with Crippen molar-refractivity contribution >= 4 is 34.6 Å². The van der Waals surface area contributed by atoms with E-state index in [-0.39, 0.29) is 22.2 Å². The topological polar surface area (TPSA) is 73.2 Å². The van der Waals surface area contributed by atoms with Gasteiger partial charge in [0.05, 0.1) is 12.5 Å². The Labute approximate surface area is 177 Å². The zero-order chi connectivity index (χ0) is 21.8. The highest BCUT2D eigenvalue weighted by atomic mass is 19.1. The smallest absolute Gasteiger partial charge is 0.330 e. The highest BCUT2D eigenvalue weighted by Crippen LogP contribution is 2.25. The van der Waals surface area contributed by atoms with Gasteiger partial charge in [-0.15, -0.1) is 0 Å². The summed E-state index contributed by atoms with van der Waals surface area (Å²) in [6.45, 7) is 0. The van der Waals surface area contributed by atoms with Crippen LogP contribution in [0.3, 0.4) is 0 Å². The monoisotopic (exact) mass is 415 g/mol. The quantitative estimate of drug-likeness (QED) is 0.385. The summed E-state index contributed by atoms with van der Waals surface area (Å²) >= 11 is 0. The Balaban J connectivity index is 1.99. The summed E-state index contributed by atoms with van der Waals surface area (Å²) < 4.78 is 20.9. The zero-order valence-electron chi connectivity index (χ0n) is 16.6. The molecule has 0 fully saturated rings. The van der Waals surface area contributed by atoms with Crippen molar-refractivity contribution in [3.63, 3.8) is 0 Å². The molecule has 1 N–H and O–H groups in total. The van der Waals surface area contributed by atoms with Gasteiger partial charge >= 0.3 is 5.97 Å². The molecule has 7 heteroatoms. The second-order valence-corrected chi connectivity index (χ2v) is 6.64. The molecule has 0 saturated carbocycles. The van der Waals surface area contributed by atoms with Crippen molar-refractivity contribution in [3.8, 4) is 5.69 Å². The number of esters is 1. The summed E-state index contributed by atoms with van der Waals surface area (Å²) in [7, 11) is 1.23. The van der Waals surface area contributed by atoms with E-state index in [1.807, 2.05) is 60.7 Å². The highest BCUT2D eigenvalue weighted by molar-refractivity contribution is 5.88. The average Bonchev–Trinajstić information content (AvgIpc) is 2.79. The summed E-state index contributed by atoms with van der Waals surface area (Å²) in [5.74, 6) is -0.883. The molecule has 0 radical (unpaired) electrons. The summed E-state index contributed by atoms with van der Waals surface area (Å²) in [4.78, 5) is 28.6. The lowest BCUT2D eigenvalue weighted by molar-refractivity contribution is -0.134. The van der Waals surface area contributed by atoms with E-state index in [0.717, 1.165) is 23.5 Å². The maximum absolute atomic E-state index is 14.6. The number of hydrogen-bond acceptors (Lipinski definition) is 5. The van der Waals surface area contributed by atoms with Gasteiger partial charge in [-0.2, -0.15) is 0 Å². The van der Waals surface area contributed by atoms with Crippen LogP contribution in [0, 0.1) is 5.82 Å². The van der Waals surface area contributed by atoms with Gasteiger partial charge in [-0.05, 0) is 36.4 Å². The van der Waals surface area contributed by atoms with Crippen molar-refractivity contribution < 1.29 is 13.9 Å². The number of carbonyl (C=O) groups is 1. The van der Waals surface area contributed by atoms with Gasteiger partial charge in [0, 0.05) is 23.5 Å². The van der Waals surface area contributed by atoms with Gasteiger partial charge in [0.25, 0.3) is 0 Å². The van der Waals surface area contributed by atoms with Gasteiger partial charge in [0.2, 0.25) is 0 Å². The minimum absolute atomic E-state index is 0.0844. The summed E-state index contributed by atoms with van der Waals surface area (Å²) in [5, 5.41) is 3.36. The van der Waals surface area contributed by atoms with E-state index in [1.165, 1.54) is 19.3 Å². The molecule has 2 aromatic carbocycles. The zero-order valence-corrected chi connectivity index (χ0v) is 16.6. The molecule has 31 heavy (non-hydrogen) atoms. The number of fused-ring (bicyclic) bond motifs is 1. The number of ether oxygens (including phenoxy) is 1. The summed E-state index contributed by atoms with van der Waals surface area (Å²) in [6.07, 6.45) is 2.30. The molecule has 154 valence electrons. The van der Waals surface area contributed by atoms with Gasteiger partial charge < -0.3 is 10.1 Å².